The molecule has 1 aromatic carbocycles. The Kier molecular flexibility index (Phi) is 4.87. The standard InChI is InChI=1S/C17H17IN2S/c1-2-7-20-17(14-10-16(18)21-11-14)13-5-6-15-12(9-13)4-3-8-19-15/h3-6,8-11,17,20H,2,7H2,1H3. The smallest absolute Gasteiger partial charge is 0.0702 e. The molecule has 4 heteroatoms. The molecule has 0 saturated heterocycles. The van der Waals surface area contributed by atoms with Gasteiger partial charge in [-0.1, -0.05) is 19.1 Å². The molecule has 3 aromatic rings. The number of benzene rings is 1. The number of thiophene rings is 1. The Balaban J connectivity index is 2.00. The van der Waals surface area contributed by atoms with E-state index >= 15 is 0 Å². The van der Waals surface area contributed by atoms with Crippen molar-refractivity contribution in [2.75, 3.05) is 6.54 Å². The lowest BCUT2D eigenvalue weighted by molar-refractivity contribution is 0.600. The SMILES string of the molecule is CCCNC(c1csc(I)c1)c1ccc2ncccc2c1. The first-order valence-electron chi connectivity index (χ1n) is 7.10. The van der Waals surface area contributed by atoms with E-state index in [1.165, 1.54) is 19.4 Å². The summed E-state index contributed by atoms with van der Waals surface area (Å²) in [6.45, 7) is 3.22. The third-order valence-corrected chi connectivity index (χ3v) is 5.29. The molecule has 1 unspecified atom stereocenters. The second-order valence-corrected chi connectivity index (χ2v) is 7.83. The van der Waals surface area contributed by atoms with Crippen LogP contribution in [0.5, 0.6) is 0 Å². The zero-order valence-electron chi connectivity index (χ0n) is 11.8. The summed E-state index contributed by atoms with van der Waals surface area (Å²) in [6, 6.07) is 13.2. The van der Waals surface area contributed by atoms with Crippen molar-refractivity contribution < 1.29 is 0 Å². The normalized spacial score (nSPS) is 12.7. The number of rotatable bonds is 5. The van der Waals surface area contributed by atoms with Crippen molar-refractivity contribution in [2.24, 2.45) is 0 Å². The highest BCUT2D eigenvalue weighted by molar-refractivity contribution is 14.1. The number of fused-ring (bicyclic) bond motifs is 1. The van der Waals surface area contributed by atoms with Crippen LogP contribution in [0.4, 0.5) is 0 Å². The molecule has 0 amide bonds. The molecule has 21 heavy (non-hydrogen) atoms. The van der Waals surface area contributed by atoms with Crippen molar-refractivity contribution in [1.29, 1.82) is 0 Å². The van der Waals surface area contributed by atoms with Crippen molar-refractivity contribution in [2.45, 2.75) is 19.4 Å². The summed E-state index contributed by atoms with van der Waals surface area (Å²) in [4.78, 5) is 4.40. The van der Waals surface area contributed by atoms with Gasteiger partial charge in [0, 0.05) is 11.6 Å². The van der Waals surface area contributed by atoms with Crippen LogP contribution in [-0.4, -0.2) is 11.5 Å². The highest BCUT2D eigenvalue weighted by Crippen LogP contribution is 2.29. The van der Waals surface area contributed by atoms with E-state index in [9.17, 15) is 0 Å². The molecule has 3 rings (SSSR count). The summed E-state index contributed by atoms with van der Waals surface area (Å²) in [5.74, 6) is 0. The van der Waals surface area contributed by atoms with Crippen molar-refractivity contribution in [3.05, 3.63) is 62.0 Å². The molecule has 108 valence electrons. The van der Waals surface area contributed by atoms with Gasteiger partial charge in [0.05, 0.1) is 14.4 Å². The van der Waals surface area contributed by atoms with Gasteiger partial charge in [-0.25, -0.2) is 0 Å². The van der Waals surface area contributed by atoms with E-state index < -0.39 is 0 Å². The summed E-state index contributed by atoms with van der Waals surface area (Å²) in [7, 11) is 0. The van der Waals surface area contributed by atoms with E-state index in [-0.39, 0.29) is 6.04 Å². The quantitative estimate of drug-likeness (QED) is 0.602. The lowest BCUT2D eigenvalue weighted by atomic mass is 9.99. The summed E-state index contributed by atoms with van der Waals surface area (Å²) in [5.41, 5.74) is 3.70. The number of nitrogens with one attached hydrogen (secondary N) is 1. The Morgan fingerprint density at radius 3 is 2.90 bits per heavy atom. The largest absolute Gasteiger partial charge is 0.306 e. The number of hydrogen-bond donors (Lipinski definition) is 1. The number of halogens is 1. The van der Waals surface area contributed by atoms with Crippen LogP contribution >= 0.6 is 33.9 Å². The van der Waals surface area contributed by atoms with Gasteiger partial charge in [0.25, 0.3) is 0 Å². The van der Waals surface area contributed by atoms with Gasteiger partial charge in [0.2, 0.25) is 0 Å². The molecule has 0 radical (unpaired) electrons. The molecule has 2 heterocycles. The Hall–Kier alpha value is -0.980. The number of nitrogens with zero attached hydrogens (tertiary/aromatic N) is 1. The maximum atomic E-state index is 4.40. The van der Waals surface area contributed by atoms with Crippen LogP contribution in [0.15, 0.2) is 48.0 Å². The first kappa shape index (κ1) is 14.9. The average Bonchev–Trinajstić information content (AvgIpc) is 2.94. The fourth-order valence-corrected chi connectivity index (χ4v) is 3.86. The van der Waals surface area contributed by atoms with Crippen molar-refractivity contribution in [1.82, 2.24) is 10.3 Å². The molecule has 0 fully saturated rings. The molecular formula is C17H17IN2S. The van der Waals surface area contributed by atoms with Gasteiger partial charge < -0.3 is 5.32 Å². The minimum absolute atomic E-state index is 0.259. The minimum Gasteiger partial charge on any atom is -0.306 e. The van der Waals surface area contributed by atoms with Crippen LogP contribution in [0.3, 0.4) is 0 Å². The van der Waals surface area contributed by atoms with Crippen LogP contribution in [-0.2, 0) is 0 Å². The van der Waals surface area contributed by atoms with Gasteiger partial charge in [0.1, 0.15) is 0 Å². The second kappa shape index (κ2) is 6.85. The molecule has 0 bridgehead atoms. The maximum Gasteiger partial charge on any atom is 0.0702 e. The molecule has 0 saturated carbocycles. The minimum atomic E-state index is 0.259. The first-order valence-corrected chi connectivity index (χ1v) is 9.06. The molecule has 0 aliphatic carbocycles. The van der Waals surface area contributed by atoms with Gasteiger partial charge >= 0.3 is 0 Å². The highest BCUT2D eigenvalue weighted by Gasteiger charge is 2.15. The van der Waals surface area contributed by atoms with Gasteiger partial charge in [-0.3, -0.25) is 4.98 Å². The first-order chi connectivity index (χ1) is 10.3. The maximum absolute atomic E-state index is 4.40. The second-order valence-electron chi connectivity index (χ2n) is 5.03. The summed E-state index contributed by atoms with van der Waals surface area (Å²) in [6.07, 6.45) is 2.98. The predicted molar refractivity (Wildman–Crippen MR) is 98.9 cm³/mol. The van der Waals surface area contributed by atoms with E-state index in [1.54, 1.807) is 11.3 Å². The van der Waals surface area contributed by atoms with E-state index in [4.69, 9.17) is 0 Å². The zero-order valence-corrected chi connectivity index (χ0v) is 14.8. The molecule has 2 nitrogen and oxygen atoms in total. The van der Waals surface area contributed by atoms with Crippen LogP contribution in [0, 0.1) is 2.88 Å². The van der Waals surface area contributed by atoms with Crippen molar-refractivity contribution in [3.8, 4) is 0 Å². The molecule has 1 N–H and O–H groups in total. The van der Waals surface area contributed by atoms with E-state index in [2.05, 4.69) is 75.5 Å². The van der Waals surface area contributed by atoms with Crippen LogP contribution in [0.1, 0.15) is 30.5 Å². The number of hydrogen-bond acceptors (Lipinski definition) is 3. The highest BCUT2D eigenvalue weighted by atomic mass is 127. The van der Waals surface area contributed by atoms with Crippen molar-refractivity contribution in [3.63, 3.8) is 0 Å². The van der Waals surface area contributed by atoms with Gasteiger partial charge in [-0.05, 0) is 76.3 Å². The molecule has 0 aliphatic heterocycles. The average molecular weight is 408 g/mol. The molecule has 0 aliphatic rings. The fraction of sp³-hybridized carbons (Fsp3) is 0.235. The lowest BCUT2D eigenvalue weighted by Crippen LogP contribution is -2.22. The van der Waals surface area contributed by atoms with Crippen LogP contribution in [0.25, 0.3) is 10.9 Å². The molecule has 0 spiro atoms. The van der Waals surface area contributed by atoms with Gasteiger partial charge in [-0.15, -0.1) is 11.3 Å². The topological polar surface area (TPSA) is 24.9 Å². The third-order valence-electron chi connectivity index (χ3n) is 3.48. The Morgan fingerprint density at radius 2 is 2.14 bits per heavy atom. The molecule has 2 aromatic heterocycles. The molecule has 1 atom stereocenters. The lowest BCUT2D eigenvalue weighted by Gasteiger charge is -2.18. The van der Waals surface area contributed by atoms with Crippen LogP contribution in [0.2, 0.25) is 0 Å². The van der Waals surface area contributed by atoms with Gasteiger partial charge in [0.15, 0.2) is 0 Å². The predicted octanol–water partition coefficient (Wildman–Crippen LogP) is 4.99. The summed E-state index contributed by atoms with van der Waals surface area (Å²) < 4.78 is 1.33. The van der Waals surface area contributed by atoms with E-state index in [0.717, 1.165) is 18.5 Å². The Morgan fingerprint density at radius 1 is 1.24 bits per heavy atom. The molecular weight excluding hydrogens is 391 g/mol. The number of aromatic nitrogens is 1. The zero-order chi connectivity index (χ0) is 14.7. The van der Waals surface area contributed by atoms with Crippen molar-refractivity contribution >= 4 is 44.8 Å². The monoisotopic (exact) mass is 408 g/mol. The summed E-state index contributed by atoms with van der Waals surface area (Å²) in [5, 5.41) is 7.11. The van der Waals surface area contributed by atoms with E-state index in [0.29, 0.717) is 0 Å². The Bertz CT molecular complexity index is 738. The third kappa shape index (κ3) is 3.44. The van der Waals surface area contributed by atoms with Crippen LogP contribution < -0.4 is 5.32 Å². The summed E-state index contributed by atoms with van der Waals surface area (Å²) >= 11 is 4.18. The van der Waals surface area contributed by atoms with Gasteiger partial charge in [-0.2, -0.15) is 0 Å². The van der Waals surface area contributed by atoms with E-state index in [1.807, 2.05) is 12.3 Å². The fourth-order valence-electron chi connectivity index (χ4n) is 2.47. The Labute approximate surface area is 142 Å². The number of pyridine rings is 1.